The van der Waals surface area contributed by atoms with Gasteiger partial charge in [0.25, 0.3) is 0 Å². The molecule has 1 atom stereocenters. The van der Waals surface area contributed by atoms with Crippen molar-refractivity contribution in [2.45, 2.75) is 43.7 Å². The van der Waals surface area contributed by atoms with Gasteiger partial charge in [0.1, 0.15) is 11.4 Å². The molecule has 1 spiro atoms. The summed E-state index contributed by atoms with van der Waals surface area (Å²) < 4.78 is 14.6. The van der Waals surface area contributed by atoms with Crippen molar-refractivity contribution in [2.75, 3.05) is 11.9 Å². The molecule has 3 aliphatic rings. The van der Waals surface area contributed by atoms with Gasteiger partial charge in [-0.25, -0.2) is 0 Å². The first kappa shape index (κ1) is 14.0. The second-order valence-corrected chi connectivity index (χ2v) is 7.24. The highest BCUT2D eigenvalue weighted by molar-refractivity contribution is 7.58. The number of ether oxygens (including phenoxy) is 1. The van der Waals surface area contributed by atoms with E-state index in [0.717, 1.165) is 47.9 Å². The van der Waals surface area contributed by atoms with Gasteiger partial charge in [0, 0.05) is 12.6 Å². The minimum absolute atomic E-state index is 0.105. The second-order valence-electron chi connectivity index (χ2n) is 5.90. The van der Waals surface area contributed by atoms with E-state index in [9.17, 15) is 0 Å². The van der Waals surface area contributed by atoms with Crippen molar-refractivity contribution in [3.05, 3.63) is 16.1 Å². The molecule has 0 radical (unpaired) electrons. The van der Waals surface area contributed by atoms with Crippen LogP contribution in [0.3, 0.4) is 0 Å². The van der Waals surface area contributed by atoms with E-state index in [1.165, 1.54) is 19.3 Å². The predicted octanol–water partition coefficient (Wildman–Crippen LogP) is 5.23. The fourth-order valence-electron chi connectivity index (χ4n) is 3.29. The van der Waals surface area contributed by atoms with Crippen LogP contribution in [0.25, 0.3) is 0 Å². The largest absolute Gasteiger partial charge is 0.379 e. The van der Waals surface area contributed by atoms with E-state index in [4.69, 9.17) is 27.9 Å². The number of hydrogen-bond acceptors (Lipinski definition) is 4. The molecule has 7 heteroatoms. The Morgan fingerprint density at radius 3 is 2.81 bits per heavy atom. The fraction of sp³-hybridized carbons (Fsp3) is 0.571. The van der Waals surface area contributed by atoms with Gasteiger partial charge in [-0.2, -0.15) is 8.73 Å². The Balaban J connectivity index is 1.60. The van der Waals surface area contributed by atoms with E-state index in [2.05, 4.69) is 14.0 Å². The number of benzene rings is 1. The van der Waals surface area contributed by atoms with Gasteiger partial charge < -0.3 is 10.1 Å². The van der Waals surface area contributed by atoms with Crippen molar-refractivity contribution >= 4 is 51.6 Å². The normalized spacial score (nSPS) is 25.3. The SMILES string of the molecule is Clc1cc(Cl)c(NC2CCOC3(CCC3)C2)c2c1N=S=N2. The number of nitrogens with zero attached hydrogens (tertiary/aromatic N) is 2. The zero-order valence-electron chi connectivity index (χ0n) is 11.4. The molecule has 1 aromatic rings. The molecule has 1 N–H and O–H groups in total. The summed E-state index contributed by atoms with van der Waals surface area (Å²) in [6.45, 7) is 0.807. The van der Waals surface area contributed by atoms with Gasteiger partial charge in [-0.05, 0) is 38.2 Å². The molecule has 1 saturated carbocycles. The van der Waals surface area contributed by atoms with Crippen LogP contribution in [-0.2, 0) is 16.1 Å². The average Bonchev–Trinajstić information content (AvgIpc) is 2.92. The van der Waals surface area contributed by atoms with Gasteiger partial charge in [0.05, 0.1) is 32.7 Å². The van der Waals surface area contributed by atoms with Crippen molar-refractivity contribution < 1.29 is 4.74 Å². The van der Waals surface area contributed by atoms with Crippen LogP contribution in [0.15, 0.2) is 14.8 Å². The highest BCUT2D eigenvalue weighted by Crippen LogP contribution is 2.49. The first-order valence-corrected chi connectivity index (χ1v) is 8.66. The van der Waals surface area contributed by atoms with Gasteiger partial charge in [-0.3, -0.25) is 0 Å². The third-order valence-electron chi connectivity index (χ3n) is 4.55. The summed E-state index contributed by atoms with van der Waals surface area (Å²) in [5.74, 6) is 0. The van der Waals surface area contributed by atoms with Crippen LogP contribution in [0.5, 0.6) is 0 Å². The zero-order chi connectivity index (χ0) is 14.4. The number of rotatable bonds is 2. The predicted molar refractivity (Wildman–Crippen MR) is 87.2 cm³/mol. The number of hydrogen-bond donors (Lipinski definition) is 1. The fourth-order valence-corrected chi connectivity index (χ4v) is 4.45. The lowest BCUT2D eigenvalue weighted by atomic mass is 9.74. The quantitative estimate of drug-likeness (QED) is 0.810. The molecule has 2 aliphatic heterocycles. The molecule has 1 aliphatic carbocycles. The van der Waals surface area contributed by atoms with Crippen LogP contribution in [0.1, 0.15) is 32.1 Å². The van der Waals surface area contributed by atoms with Crippen molar-refractivity contribution in [3.63, 3.8) is 0 Å². The van der Waals surface area contributed by atoms with Gasteiger partial charge in [0.2, 0.25) is 0 Å². The van der Waals surface area contributed by atoms with E-state index < -0.39 is 0 Å². The maximum absolute atomic E-state index is 6.36. The molecule has 0 bridgehead atoms. The Bertz CT molecular complexity index is 669. The Morgan fingerprint density at radius 1 is 1.24 bits per heavy atom. The molecule has 2 fully saturated rings. The van der Waals surface area contributed by atoms with Gasteiger partial charge in [-0.1, -0.05) is 23.2 Å². The minimum Gasteiger partial charge on any atom is -0.379 e. The molecule has 1 aromatic carbocycles. The lowest BCUT2D eigenvalue weighted by molar-refractivity contribution is -0.130. The van der Waals surface area contributed by atoms with Gasteiger partial charge in [-0.15, -0.1) is 0 Å². The van der Waals surface area contributed by atoms with Crippen LogP contribution in [-0.4, -0.2) is 18.2 Å². The Kier molecular flexibility index (Phi) is 3.49. The van der Waals surface area contributed by atoms with E-state index in [1.54, 1.807) is 6.07 Å². The van der Waals surface area contributed by atoms with E-state index >= 15 is 0 Å². The lowest BCUT2D eigenvalue weighted by Gasteiger charge is -2.47. The standard InChI is InChI=1S/C14H15Cl2N3OS/c15-9-6-10(16)12-13(19-21-18-12)11(9)17-8-2-5-20-14(7-8)3-1-4-14/h6,8,17H,1-5,7H2. The molecule has 4 rings (SSSR count). The molecule has 0 amide bonds. The number of nitrogens with one attached hydrogen (secondary N) is 1. The molecule has 1 saturated heterocycles. The summed E-state index contributed by atoms with van der Waals surface area (Å²) >= 11 is 13.7. The van der Waals surface area contributed by atoms with Crippen molar-refractivity contribution in [2.24, 2.45) is 8.73 Å². The molecule has 1 unspecified atom stereocenters. The zero-order valence-corrected chi connectivity index (χ0v) is 13.7. The number of fused-ring (bicyclic) bond motifs is 1. The van der Waals surface area contributed by atoms with Crippen LogP contribution in [0.2, 0.25) is 10.0 Å². The second kappa shape index (κ2) is 5.23. The van der Waals surface area contributed by atoms with Crippen LogP contribution >= 0.6 is 23.2 Å². The van der Waals surface area contributed by atoms with Gasteiger partial charge in [0.15, 0.2) is 0 Å². The minimum atomic E-state index is 0.105. The smallest absolute Gasteiger partial charge is 0.130 e. The molecule has 2 heterocycles. The first-order valence-electron chi connectivity index (χ1n) is 7.18. The summed E-state index contributed by atoms with van der Waals surface area (Å²) in [7, 11) is 0. The molecular weight excluding hydrogens is 329 g/mol. The Labute approximate surface area is 137 Å². The van der Waals surface area contributed by atoms with E-state index in [0.29, 0.717) is 16.1 Å². The molecule has 21 heavy (non-hydrogen) atoms. The van der Waals surface area contributed by atoms with Crippen molar-refractivity contribution in [1.29, 1.82) is 0 Å². The molecular formula is C14H15Cl2N3OS. The average molecular weight is 344 g/mol. The monoisotopic (exact) mass is 343 g/mol. The summed E-state index contributed by atoms with van der Waals surface area (Å²) in [5.41, 5.74) is 2.45. The summed E-state index contributed by atoms with van der Waals surface area (Å²) in [6.07, 6.45) is 5.64. The first-order chi connectivity index (χ1) is 10.2. The maximum atomic E-state index is 6.36. The Hall–Kier alpha value is -0.620. The Morgan fingerprint density at radius 2 is 2.05 bits per heavy atom. The summed E-state index contributed by atoms with van der Waals surface area (Å²) in [5, 5.41) is 4.72. The summed E-state index contributed by atoms with van der Waals surface area (Å²) in [4.78, 5) is 0. The van der Waals surface area contributed by atoms with Crippen LogP contribution in [0.4, 0.5) is 17.1 Å². The number of anilines is 1. The van der Waals surface area contributed by atoms with Gasteiger partial charge >= 0.3 is 0 Å². The highest BCUT2D eigenvalue weighted by atomic mass is 35.5. The van der Waals surface area contributed by atoms with Crippen LogP contribution in [0, 0.1) is 0 Å². The van der Waals surface area contributed by atoms with Crippen LogP contribution < -0.4 is 5.32 Å². The lowest BCUT2D eigenvalue weighted by Crippen LogP contribution is -2.49. The van der Waals surface area contributed by atoms with E-state index in [1.807, 2.05) is 0 Å². The molecule has 4 nitrogen and oxygen atoms in total. The highest BCUT2D eigenvalue weighted by Gasteiger charge is 2.42. The third kappa shape index (κ3) is 2.40. The van der Waals surface area contributed by atoms with Crippen molar-refractivity contribution in [1.82, 2.24) is 0 Å². The topological polar surface area (TPSA) is 46.0 Å². The van der Waals surface area contributed by atoms with Crippen molar-refractivity contribution in [3.8, 4) is 0 Å². The van der Waals surface area contributed by atoms with E-state index in [-0.39, 0.29) is 5.60 Å². The molecule has 112 valence electrons. The summed E-state index contributed by atoms with van der Waals surface area (Å²) in [6, 6.07) is 2.11. The third-order valence-corrected chi connectivity index (χ3v) is 5.66. The maximum Gasteiger partial charge on any atom is 0.130 e. The number of halogens is 2. The molecule has 0 aromatic heterocycles.